The van der Waals surface area contributed by atoms with E-state index in [0.29, 0.717) is 12.5 Å². The Kier molecular flexibility index (Phi) is 2.75. The molecule has 2 nitrogen and oxygen atoms in total. The Hall–Kier alpha value is -0.0151. The molecule has 1 aliphatic rings. The second kappa shape index (κ2) is 3.40. The van der Waals surface area contributed by atoms with Crippen LogP contribution in [0.5, 0.6) is 0 Å². The van der Waals surface area contributed by atoms with Gasteiger partial charge in [-0.3, -0.25) is 0 Å². The average molecular weight is 140 g/mol. The fourth-order valence-electron chi connectivity index (χ4n) is 1.30. The molecule has 0 aromatic heterocycles. The Morgan fingerprint density at radius 3 is 2.80 bits per heavy atom. The molecule has 0 spiro atoms. The summed E-state index contributed by atoms with van der Waals surface area (Å²) >= 11 is 0. The van der Waals surface area contributed by atoms with Crippen LogP contribution in [0, 0.1) is 5.92 Å². The van der Waals surface area contributed by atoms with Gasteiger partial charge >= 0.3 is 0 Å². The van der Waals surface area contributed by atoms with Crippen LogP contribution >= 0.6 is 0 Å². The van der Waals surface area contributed by atoms with Crippen LogP contribution in [0.25, 0.3) is 0 Å². The van der Waals surface area contributed by atoms with Crippen LogP contribution < -0.4 is 0 Å². The Morgan fingerprint density at radius 2 is 2.40 bits per heavy atom. The molecule has 0 unspecified atom stereocenters. The highest BCUT2D eigenvalue weighted by atomic mass is 16.5. The van der Waals surface area contributed by atoms with Crippen LogP contribution in [0.2, 0.25) is 0 Å². The predicted molar refractivity (Wildman–Crippen MR) is 40.1 cm³/mol. The van der Waals surface area contributed by atoms with Gasteiger partial charge in [0, 0.05) is 13.1 Å². The number of rotatable bonds is 2. The third kappa shape index (κ3) is 1.73. The second-order valence-corrected chi connectivity index (χ2v) is 2.88. The normalized spacial score (nSPS) is 40.4. The van der Waals surface area contributed by atoms with Gasteiger partial charge in [0.05, 0.1) is 12.7 Å². The lowest BCUT2D eigenvalue weighted by molar-refractivity contribution is 0.0121. The quantitative estimate of drug-likeness (QED) is 0.521. The lowest BCUT2D eigenvalue weighted by Gasteiger charge is -2.12. The van der Waals surface area contributed by atoms with Crippen LogP contribution in [0.3, 0.4) is 0 Å². The van der Waals surface area contributed by atoms with E-state index >= 15 is 0 Å². The zero-order valence-corrected chi connectivity index (χ0v) is 6.54. The lowest BCUT2D eigenvalue weighted by Crippen LogP contribution is -2.20. The van der Waals surface area contributed by atoms with Crippen molar-refractivity contribution in [3.05, 3.63) is 0 Å². The maximum absolute atomic E-state index is 5.57. The van der Waals surface area contributed by atoms with Crippen LogP contribution in [0.15, 0.2) is 0 Å². The van der Waals surface area contributed by atoms with Gasteiger partial charge in [-0.2, -0.15) is 0 Å². The first kappa shape index (κ1) is 8.09. The summed E-state index contributed by atoms with van der Waals surface area (Å²) in [6.45, 7) is 2.80. The Labute approximate surface area is 63.3 Å². The lowest BCUT2D eigenvalue weighted by atomic mass is 9.92. The topological polar surface area (TPSA) is 18.5 Å². The maximum atomic E-state index is 5.57. The highest BCUT2D eigenvalue weighted by Gasteiger charge is 2.28. The average Bonchev–Trinajstić information content (AvgIpc) is 2.13. The van der Waals surface area contributed by atoms with Gasteiger partial charge in [0.25, 0.3) is 0 Å². The van der Waals surface area contributed by atoms with Gasteiger partial charge in [0.1, 0.15) is 7.85 Å². The molecule has 0 bridgehead atoms. The summed E-state index contributed by atoms with van der Waals surface area (Å²) in [7, 11) is 7.25. The van der Waals surface area contributed by atoms with Crippen molar-refractivity contribution in [2.45, 2.75) is 25.5 Å². The molecule has 0 aliphatic carbocycles. The summed E-state index contributed by atoms with van der Waals surface area (Å²) in [6.07, 6.45) is 1.16. The van der Waals surface area contributed by atoms with Crippen LogP contribution in [-0.4, -0.2) is 33.7 Å². The molecule has 0 aromatic rings. The van der Waals surface area contributed by atoms with E-state index in [2.05, 4.69) is 6.92 Å². The van der Waals surface area contributed by atoms with Crippen molar-refractivity contribution < 1.29 is 9.47 Å². The minimum atomic E-state index is -0.0739. The zero-order valence-electron chi connectivity index (χ0n) is 6.54. The first-order chi connectivity index (χ1) is 4.74. The van der Waals surface area contributed by atoms with Crippen molar-refractivity contribution >= 4 is 7.85 Å². The molecule has 3 atom stereocenters. The first-order valence-corrected chi connectivity index (χ1v) is 3.64. The highest BCUT2D eigenvalue weighted by Crippen LogP contribution is 2.24. The molecule has 0 amide bonds. The van der Waals surface area contributed by atoms with E-state index in [0.717, 1.165) is 6.42 Å². The molecule has 0 N–H and O–H groups in total. The van der Waals surface area contributed by atoms with Gasteiger partial charge in [-0.15, -0.1) is 0 Å². The molecule has 10 heavy (non-hydrogen) atoms. The zero-order chi connectivity index (χ0) is 7.56. The molecule has 3 heteroatoms. The molecule has 1 heterocycles. The molecule has 1 fully saturated rings. The number of ether oxygens (including phenoxy) is 2. The molecule has 56 valence electrons. The second-order valence-electron chi connectivity index (χ2n) is 2.88. The fourth-order valence-corrected chi connectivity index (χ4v) is 1.30. The van der Waals surface area contributed by atoms with E-state index in [1.807, 2.05) is 0 Å². The van der Waals surface area contributed by atoms with Gasteiger partial charge in [-0.1, -0.05) is 6.92 Å². The summed E-state index contributed by atoms with van der Waals surface area (Å²) in [5.74, 6) is 0.537. The Bertz CT molecular complexity index is 108. The third-order valence-electron chi connectivity index (χ3n) is 1.92. The van der Waals surface area contributed by atoms with Crippen molar-refractivity contribution in [1.29, 1.82) is 0 Å². The van der Waals surface area contributed by atoms with Crippen molar-refractivity contribution in [2.24, 2.45) is 5.92 Å². The monoisotopic (exact) mass is 140 g/mol. The fraction of sp³-hybridized carbons (Fsp3) is 1.00. The predicted octanol–water partition coefficient (Wildman–Crippen LogP) is 0.552. The summed E-state index contributed by atoms with van der Waals surface area (Å²) in [5.41, 5.74) is 0. The van der Waals surface area contributed by atoms with E-state index in [-0.39, 0.29) is 12.1 Å². The van der Waals surface area contributed by atoms with Crippen LogP contribution in [0.4, 0.5) is 0 Å². The van der Waals surface area contributed by atoms with Gasteiger partial charge in [-0.25, -0.2) is 0 Å². The summed E-state index contributed by atoms with van der Waals surface area (Å²) < 4.78 is 10.3. The van der Waals surface area contributed by atoms with Crippen LogP contribution in [0.1, 0.15) is 13.3 Å². The molecule has 0 saturated carbocycles. The molecule has 1 rings (SSSR count). The van der Waals surface area contributed by atoms with Gasteiger partial charge < -0.3 is 9.47 Å². The summed E-state index contributed by atoms with van der Waals surface area (Å²) in [6, 6.07) is -0.0739. The van der Waals surface area contributed by atoms with Gasteiger partial charge in [-0.05, 0) is 12.3 Å². The van der Waals surface area contributed by atoms with Crippen LogP contribution in [-0.2, 0) is 9.47 Å². The van der Waals surface area contributed by atoms with E-state index in [4.69, 9.17) is 17.3 Å². The standard InChI is InChI=1S/C7H13BO2/c1-5-3-7(8)10-6(5)4-9-2/h5-7H,3-4H2,1-2H3/t5-,6-,7-/m1/s1. The SMILES string of the molecule is [B][C@H]1C[C@@H](C)[C@@H](COC)O1. The molecule has 1 saturated heterocycles. The molecular formula is C7H13BO2. The van der Waals surface area contributed by atoms with Crippen molar-refractivity contribution in [2.75, 3.05) is 13.7 Å². The highest BCUT2D eigenvalue weighted by molar-refractivity contribution is 6.11. The smallest absolute Gasteiger partial charge is 0.109 e. The van der Waals surface area contributed by atoms with E-state index in [1.165, 1.54) is 0 Å². The molecular weight excluding hydrogens is 127 g/mol. The molecule has 2 radical (unpaired) electrons. The first-order valence-electron chi connectivity index (χ1n) is 3.64. The summed E-state index contributed by atoms with van der Waals surface area (Å²) in [5, 5.41) is 0. The van der Waals surface area contributed by atoms with E-state index in [1.54, 1.807) is 7.11 Å². The molecule has 1 aliphatic heterocycles. The van der Waals surface area contributed by atoms with Crippen molar-refractivity contribution in [1.82, 2.24) is 0 Å². The number of hydrogen-bond donors (Lipinski definition) is 0. The maximum Gasteiger partial charge on any atom is 0.109 e. The van der Waals surface area contributed by atoms with Gasteiger partial charge in [0.2, 0.25) is 0 Å². The number of methoxy groups -OCH3 is 1. The van der Waals surface area contributed by atoms with Gasteiger partial charge in [0.15, 0.2) is 0 Å². The summed E-state index contributed by atoms with van der Waals surface area (Å²) in [4.78, 5) is 0. The molecule has 0 aromatic carbocycles. The minimum Gasteiger partial charge on any atom is -0.382 e. The van der Waals surface area contributed by atoms with Crippen molar-refractivity contribution in [3.63, 3.8) is 0 Å². The number of hydrogen-bond acceptors (Lipinski definition) is 2. The Balaban J connectivity index is 2.31. The Morgan fingerprint density at radius 1 is 1.70 bits per heavy atom. The largest absolute Gasteiger partial charge is 0.382 e. The van der Waals surface area contributed by atoms with Crippen molar-refractivity contribution in [3.8, 4) is 0 Å². The minimum absolute atomic E-state index is 0.0739. The third-order valence-corrected chi connectivity index (χ3v) is 1.92. The van der Waals surface area contributed by atoms with E-state index in [9.17, 15) is 0 Å². The van der Waals surface area contributed by atoms with E-state index < -0.39 is 0 Å².